The van der Waals surface area contributed by atoms with E-state index in [0.717, 1.165) is 10.7 Å². The number of nitrogens with zero attached hydrogens (tertiary/aromatic N) is 2. The highest BCUT2D eigenvalue weighted by Gasteiger charge is 2.16. The van der Waals surface area contributed by atoms with E-state index in [0.29, 0.717) is 6.54 Å². The van der Waals surface area contributed by atoms with Crippen molar-refractivity contribution in [3.63, 3.8) is 0 Å². The van der Waals surface area contributed by atoms with Gasteiger partial charge in [-0.15, -0.1) is 11.3 Å². The van der Waals surface area contributed by atoms with Crippen LogP contribution in [-0.2, 0) is 25.6 Å². The van der Waals surface area contributed by atoms with Gasteiger partial charge in [-0.1, -0.05) is 0 Å². The Kier molecular flexibility index (Phi) is 5.73. The summed E-state index contributed by atoms with van der Waals surface area (Å²) in [5.74, 6) is -0.795. The number of thiazole rings is 1. The number of carbonyl (C=O) groups excluding carboxylic acids is 2. The van der Waals surface area contributed by atoms with Crippen LogP contribution in [0.5, 0.6) is 0 Å². The highest BCUT2D eigenvalue weighted by molar-refractivity contribution is 7.09. The van der Waals surface area contributed by atoms with Gasteiger partial charge in [0.1, 0.15) is 0 Å². The van der Waals surface area contributed by atoms with Gasteiger partial charge in [0.05, 0.1) is 38.0 Å². The molecule has 0 aliphatic carbocycles. The largest absolute Gasteiger partial charge is 0.468 e. The average molecular weight is 272 g/mol. The second-order valence-electron chi connectivity index (χ2n) is 3.66. The summed E-state index contributed by atoms with van der Waals surface area (Å²) in [5.41, 5.74) is 0.824. The van der Waals surface area contributed by atoms with Gasteiger partial charge < -0.3 is 9.47 Å². The Morgan fingerprint density at radius 2 is 1.83 bits per heavy atom. The standard InChI is InChI=1S/C11H16N2O4S/c1-8-12-9(7-18-8)4-13(5-10(14)16-2)6-11(15)17-3/h7H,4-6H2,1-3H3. The number of hydrogen-bond acceptors (Lipinski definition) is 7. The Balaban J connectivity index is 2.64. The number of ether oxygens (including phenoxy) is 2. The number of rotatable bonds is 6. The van der Waals surface area contributed by atoms with Gasteiger partial charge in [0.25, 0.3) is 0 Å². The van der Waals surface area contributed by atoms with Crippen LogP contribution < -0.4 is 0 Å². The van der Waals surface area contributed by atoms with E-state index in [2.05, 4.69) is 14.5 Å². The van der Waals surface area contributed by atoms with Crippen molar-refractivity contribution < 1.29 is 19.1 Å². The topological polar surface area (TPSA) is 68.7 Å². The summed E-state index contributed by atoms with van der Waals surface area (Å²) in [6, 6.07) is 0. The zero-order valence-electron chi connectivity index (χ0n) is 10.6. The molecule has 0 atom stereocenters. The summed E-state index contributed by atoms with van der Waals surface area (Å²) in [5, 5.41) is 2.85. The van der Waals surface area contributed by atoms with Crippen LogP contribution in [0.4, 0.5) is 0 Å². The van der Waals surface area contributed by atoms with Crippen molar-refractivity contribution in [2.75, 3.05) is 27.3 Å². The van der Waals surface area contributed by atoms with E-state index in [1.807, 2.05) is 12.3 Å². The second-order valence-corrected chi connectivity index (χ2v) is 4.72. The SMILES string of the molecule is COC(=O)CN(CC(=O)OC)Cc1csc(C)n1. The van der Waals surface area contributed by atoms with E-state index in [-0.39, 0.29) is 13.1 Å². The number of carbonyl (C=O) groups is 2. The summed E-state index contributed by atoms with van der Waals surface area (Å²) < 4.78 is 9.18. The molecule has 0 saturated heterocycles. The molecule has 0 radical (unpaired) electrons. The molecule has 0 N–H and O–H groups in total. The fraction of sp³-hybridized carbons (Fsp3) is 0.545. The van der Waals surface area contributed by atoms with Crippen LogP contribution in [-0.4, -0.2) is 49.1 Å². The minimum atomic E-state index is -0.397. The monoisotopic (exact) mass is 272 g/mol. The lowest BCUT2D eigenvalue weighted by Crippen LogP contribution is -2.35. The van der Waals surface area contributed by atoms with Gasteiger partial charge in [-0.05, 0) is 6.92 Å². The van der Waals surface area contributed by atoms with Crippen LogP contribution in [0.25, 0.3) is 0 Å². The zero-order valence-corrected chi connectivity index (χ0v) is 11.5. The third-order valence-corrected chi connectivity index (χ3v) is 3.04. The molecular formula is C11H16N2O4S. The van der Waals surface area contributed by atoms with Gasteiger partial charge in [-0.3, -0.25) is 14.5 Å². The first-order valence-corrected chi connectivity index (χ1v) is 6.20. The maximum absolute atomic E-state index is 11.3. The quantitative estimate of drug-likeness (QED) is 0.706. The molecule has 0 amide bonds. The van der Waals surface area contributed by atoms with Gasteiger partial charge >= 0.3 is 11.9 Å². The predicted octanol–water partition coefficient (Wildman–Crippen LogP) is 0.600. The third-order valence-electron chi connectivity index (χ3n) is 2.21. The van der Waals surface area contributed by atoms with Crippen LogP contribution in [0.3, 0.4) is 0 Å². The fourth-order valence-corrected chi connectivity index (χ4v) is 1.98. The van der Waals surface area contributed by atoms with Crippen LogP contribution in [0.15, 0.2) is 5.38 Å². The lowest BCUT2D eigenvalue weighted by molar-refractivity contribution is -0.145. The van der Waals surface area contributed by atoms with Crippen molar-refractivity contribution in [3.05, 3.63) is 16.1 Å². The zero-order chi connectivity index (χ0) is 13.5. The molecule has 0 fully saturated rings. The van der Waals surface area contributed by atoms with E-state index >= 15 is 0 Å². The van der Waals surface area contributed by atoms with Gasteiger partial charge in [-0.25, -0.2) is 4.98 Å². The molecule has 1 aromatic heterocycles. The van der Waals surface area contributed by atoms with E-state index in [1.165, 1.54) is 25.6 Å². The summed E-state index contributed by atoms with van der Waals surface area (Å²) in [6.07, 6.45) is 0. The number of hydrogen-bond donors (Lipinski definition) is 0. The molecule has 1 rings (SSSR count). The van der Waals surface area contributed by atoms with Crippen molar-refractivity contribution in [3.8, 4) is 0 Å². The van der Waals surface area contributed by atoms with Crippen molar-refractivity contribution >= 4 is 23.3 Å². The second kappa shape index (κ2) is 7.07. The minimum Gasteiger partial charge on any atom is -0.468 e. The lowest BCUT2D eigenvalue weighted by atomic mass is 10.4. The van der Waals surface area contributed by atoms with E-state index in [4.69, 9.17) is 0 Å². The molecule has 7 heteroatoms. The van der Waals surface area contributed by atoms with Crippen LogP contribution in [0.2, 0.25) is 0 Å². The van der Waals surface area contributed by atoms with Gasteiger partial charge in [0.15, 0.2) is 0 Å². The van der Waals surface area contributed by atoms with Crippen molar-refractivity contribution in [1.82, 2.24) is 9.88 Å². The predicted molar refractivity (Wildman–Crippen MR) is 66.2 cm³/mol. The first-order chi connectivity index (χ1) is 8.55. The molecule has 0 aliphatic heterocycles. The highest BCUT2D eigenvalue weighted by Crippen LogP contribution is 2.10. The molecule has 0 unspecified atom stereocenters. The van der Waals surface area contributed by atoms with Gasteiger partial charge in [0, 0.05) is 11.9 Å². The number of aryl methyl sites for hydroxylation is 1. The van der Waals surface area contributed by atoms with Gasteiger partial charge in [0.2, 0.25) is 0 Å². The molecule has 0 bridgehead atoms. The Morgan fingerprint density at radius 1 is 1.28 bits per heavy atom. The number of esters is 2. The Morgan fingerprint density at radius 3 is 2.22 bits per heavy atom. The first kappa shape index (κ1) is 14.6. The van der Waals surface area contributed by atoms with Crippen molar-refractivity contribution in [2.45, 2.75) is 13.5 Å². The molecular weight excluding hydrogens is 256 g/mol. The van der Waals surface area contributed by atoms with E-state index < -0.39 is 11.9 Å². The normalized spacial score (nSPS) is 10.4. The van der Waals surface area contributed by atoms with Crippen molar-refractivity contribution in [1.29, 1.82) is 0 Å². The summed E-state index contributed by atoms with van der Waals surface area (Å²) in [7, 11) is 2.62. The molecule has 0 saturated carbocycles. The van der Waals surface area contributed by atoms with Crippen LogP contribution in [0.1, 0.15) is 10.7 Å². The maximum atomic E-state index is 11.3. The molecule has 1 aromatic rings. The summed E-state index contributed by atoms with van der Waals surface area (Å²) >= 11 is 1.53. The lowest BCUT2D eigenvalue weighted by Gasteiger charge is -2.18. The molecule has 0 spiro atoms. The average Bonchev–Trinajstić information content (AvgIpc) is 2.74. The Hall–Kier alpha value is -1.47. The molecule has 1 heterocycles. The molecule has 0 aromatic carbocycles. The van der Waals surface area contributed by atoms with E-state index in [1.54, 1.807) is 4.90 Å². The minimum absolute atomic E-state index is 0.0299. The molecule has 18 heavy (non-hydrogen) atoms. The smallest absolute Gasteiger partial charge is 0.319 e. The Bertz CT molecular complexity index is 401. The summed E-state index contributed by atoms with van der Waals surface area (Å²) in [6.45, 7) is 2.37. The first-order valence-electron chi connectivity index (χ1n) is 5.32. The van der Waals surface area contributed by atoms with Gasteiger partial charge in [-0.2, -0.15) is 0 Å². The molecule has 100 valence electrons. The highest BCUT2D eigenvalue weighted by atomic mass is 32.1. The Labute approximate surface area is 110 Å². The summed E-state index contributed by atoms with van der Waals surface area (Å²) in [4.78, 5) is 28.4. The van der Waals surface area contributed by atoms with E-state index in [9.17, 15) is 9.59 Å². The maximum Gasteiger partial charge on any atom is 0.319 e. The fourth-order valence-electron chi connectivity index (χ4n) is 1.37. The third kappa shape index (κ3) is 4.80. The molecule has 0 aliphatic rings. The van der Waals surface area contributed by atoms with Crippen molar-refractivity contribution in [2.24, 2.45) is 0 Å². The number of methoxy groups -OCH3 is 2. The van der Waals surface area contributed by atoms with Crippen LogP contribution >= 0.6 is 11.3 Å². The number of aromatic nitrogens is 1. The molecule has 6 nitrogen and oxygen atoms in total. The van der Waals surface area contributed by atoms with Crippen LogP contribution in [0, 0.1) is 6.92 Å².